The average molecular weight is 256 g/mol. The summed E-state index contributed by atoms with van der Waals surface area (Å²) >= 11 is 5.55. The first-order chi connectivity index (χ1) is 8.00. The zero-order valence-corrected chi connectivity index (χ0v) is 9.44. The Morgan fingerprint density at radius 2 is 2.24 bits per heavy atom. The fourth-order valence-corrected chi connectivity index (χ4v) is 1.51. The van der Waals surface area contributed by atoms with Gasteiger partial charge in [0.1, 0.15) is 5.82 Å². The van der Waals surface area contributed by atoms with Crippen LogP contribution in [0.5, 0.6) is 0 Å². The molecule has 5 nitrogen and oxygen atoms in total. The molecule has 0 spiro atoms. The molecular weight excluding hydrogens is 249 g/mol. The Morgan fingerprint density at radius 1 is 1.53 bits per heavy atom. The van der Waals surface area contributed by atoms with Gasteiger partial charge in [0, 0.05) is 6.07 Å². The van der Waals surface area contributed by atoms with Crippen LogP contribution >= 0.6 is 11.6 Å². The van der Waals surface area contributed by atoms with E-state index in [1.807, 2.05) is 0 Å². The Morgan fingerprint density at radius 3 is 2.76 bits per heavy atom. The molecule has 88 valence electrons. The molecule has 1 aromatic carbocycles. The highest BCUT2D eigenvalue weighted by Crippen LogP contribution is 2.19. The number of carboxylic acids is 1. The van der Waals surface area contributed by atoms with Crippen LogP contribution in [0, 0.1) is 12.7 Å². The van der Waals surface area contributed by atoms with Crippen LogP contribution in [0.15, 0.2) is 18.2 Å². The SMILES string of the molecule is Cc1c(C(=O)O)nnn1-c1ccc(Cl)c(F)c1. The number of benzene rings is 1. The molecule has 0 aliphatic rings. The second-order valence-corrected chi connectivity index (χ2v) is 3.75. The number of carbonyl (C=O) groups is 1. The largest absolute Gasteiger partial charge is 0.476 e. The highest BCUT2D eigenvalue weighted by molar-refractivity contribution is 6.30. The van der Waals surface area contributed by atoms with Crippen molar-refractivity contribution in [1.29, 1.82) is 0 Å². The van der Waals surface area contributed by atoms with E-state index in [1.54, 1.807) is 0 Å². The first-order valence-corrected chi connectivity index (χ1v) is 4.99. The van der Waals surface area contributed by atoms with E-state index in [9.17, 15) is 9.18 Å². The highest BCUT2D eigenvalue weighted by Gasteiger charge is 2.16. The monoisotopic (exact) mass is 255 g/mol. The van der Waals surface area contributed by atoms with Crippen molar-refractivity contribution < 1.29 is 14.3 Å². The van der Waals surface area contributed by atoms with E-state index in [1.165, 1.54) is 23.7 Å². The number of halogens is 2. The van der Waals surface area contributed by atoms with Gasteiger partial charge in [-0.3, -0.25) is 0 Å². The Balaban J connectivity index is 2.53. The molecular formula is C10H7ClFN3O2. The van der Waals surface area contributed by atoms with Crippen LogP contribution in [0.3, 0.4) is 0 Å². The van der Waals surface area contributed by atoms with Gasteiger partial charge in [-0.1, -0.05) is 16.8 Å². The summed E-state index contributed by atoms with van der Waals surface area (Å²) in [7, 11) is 0. The van der Waals surface area contributed by atoms with Gasteiger partial charge in [-0.15, -0.1) is 5.10 Å². The molecule has 2 aromatic rings. The lowest BCUT2D eigenvalue weighted by atomic mass is 10.3. The van der Waals surface area contributed by atoms with E-state index in [0.717, 1.165) is 6.07 Å². The van der Waals surface area contributed by atoms with Crippen molar-refractivity contribution in [2.24, 2.45) is 0 Å². The molecule has 2 rings (SSSR count). The number of carboxylic acid groups (broad SMARTS) is 1. The summed E-state index contributed by atoms with van der Waals surface area (Å²) < 4.78 is 14.5. The predicted molar refractivity (Wildman–Crippen MR) is 58.0 cm³/mol. The van der Waals surface area contributed by atoms with Gasteiger partial charge in [0.15, 0.2) is 5.69 Å². The van der Waals surface area contributed by atoms with Crippen molar-refractivity contribution in [3.63, 3.8) is 0 Å². The quantitative estimate of drug-likeness (QED) is 0.892. The van der Waals surface area contributed by atoms with Gasteiger partial charge in [0.05, 0.1) is 16.4 Å². The summed E-state index contributed by atoms with van der Waals surface area (Å²) in [6, 6.07) is 4.06. The van der Waals surface area contributed by atoms with Crippen molar-refractivity contribution >= 4 is 17.6 Å². The molecule has 1 N–H and O–H groups in total. The summed E-state index contributed by atoms with van der Waals surface area (Å²) in [6.45, 7) is 1.54. The van der Waals surface area contributed by atoms with Crippen LogP contribution in [0.25, 0.3) is 5.69 Å². The van der Waals surface area contributed by atoms with Crippen LogP contribution < -0.4 is 0 Å². The molecule has 7 heteroatoms. The van der Waals surface area contributed by atoms with E-state index in [0.29, 0.717) is 11.4 Å². The molecule has 0 amide bonds. The fourth-order valence-electron chi connectivity index (χ4n) is 1.39. The van der Waals surface area contributed by atoms with Gasteiger partial charge in [-0.2, -0.15) is 0 Å². The molecule has 0 radical (unpaired) electrons. The summed E-state index contributed by atoms with van der Waals surface area (Å²) in [5, 5.41) is 16.0. The Labute approximate surface area is 100 Å². The summed E-state index contributed by atoms with van der Waals surface area (Å²) in [6.07, 6.45) is 0. The molecule has 0 bridgehead atoms. The molecule has 1 heterocycles. The normalized spacial score (nSPS) is 10.5. The molecule has 0 saturated heterocycles. The van der Waals surface area contributed by atoms with E-state index < -0.39 is 11.8 Å². The third kappa shape index (κ3) is 1.99. The van der Waals surface area contributed by atoms with Gasteiger partial charge in [0.2, 0.25) is 0 Å². The standard InChI is InChI=1S/C10H7ClFN3O2/c1-5-9(10(16)17)13-14-15(5)6-2-3-7(11)8(12)4-6/h2-4H,1H3,(H,16,17). The van der Waals surface area contributed by atoms with E-state index in [2.05, 4.69) is 10.3 Å². The van der Waals surface area contributed by atoms with Gasteiger partial charge in [-0.25, -0.2) is 13.9 Å². The third-order valence-corrected chi connectivity index (χ3v) is 2.55. The predicted octanol–water partition coefficient (Wildman–Crippen LogP) is 2.07. The minimum atomic E-state index is -1.18. The number of aromatic carboxylic acids is 1. The topological polar surface area (TPSA) is 68.0 Å². The molecule has 1 aromatic heterocycles. The van der Waals surface area contributed by atoms with E-state index in [-0.39, 0.29) is 10.7 Å². The van der Waals surface area contributed by atoms with Gasteiger partial charge in [-0.05, 0) is 19.1 Å². The summed E-state index contributed by atoms with van der Waals surface area (Å²) in [4.78, 5) is 10.8. The maximum Gasteiger partial charge on any atom is 0.358 e. The van der Waals surface area contributed by atoms with Crippen LogP contribution in [-0.2, 0) is 0 Å². The van der Waals surface area contributed by atoms with Gasteiger partial charge >= 0.3 is 5.97 Å². The highest BCUT2D eigenvalue weighted by atomic mass is 35.5. The first kappa shape index (κ1) is 11.5. The molecule has 0 fully saturated rings. The number of rotatable bonds is 2. The minimum Gasteiger partial charge on any atom is -0.476 e. The van der Waals surface area contributed by atoms with Gasteiger partial charge < -0.3 is 5.11 Å². The molecule has 17 heavy (non-hydrogen) atoms. The van der Waals surface area contributed by atoms with E-state index in [4.69, 9.17) is 16.7 Å². The van der Waals surface area contributed by atoms with Crippen LogP contribution in [0.4, 0.5) is 4.39 Å². The van der Waals surface area contributed by atoms with Crippen LogP contribution in [0.1, 0.15) is 16.2 Å². The number of nitrogens with zero attached hydrogens (tertiary/aromatic N) is 3. The Kier molecular flexibility index (Phi) is 2.81. The minimum absolute atomic E-state index is 0.00928. The smallest absolute Gasteiger partial charge is 0.358 e. The van der Waals surface area contributed by atoms with Crippen molar-refractivity contribution in [3.05, 3.63) is 40.4 Å². The summed E-state index contributed by atoms with van der Waals surface area (Å²) in [5.41, 5.74) is 0.518. The maximum absolute atomic E-state index is 13.3. The number of hydrogen-bond donors (Lipinski definition) is 1. The van der Waals surface area contributed by atoms with Crippen molar-refractivity contribution in [2.45, 2.75) is 6.92 Å². The Hall–Kier alpha value is -1.95. The molecule has 0 atom stereocenters. The zero-order chi connectivity index (χ0) is 12.6. The van der Waals surface area contributed by atoms with E-state index >= 15 is 0 Å². The van der Waals surface area contributed by atoms with Crippen molar-refractivity contribution in [1.82, 2.24) is 15.0 Å². The molecule has 0 aliphatic carbocycles. The zero-order valence-electron chi connectivity index (χ0n) is 8.69. The average Bonchev–Trinajstić information content (AvgIpc) is 2.64. The van der Waals surface area contributed by atoms with Crippen LogP contribution in [0.2, 0.25) is 5.02 Å². The number of hydrogen-bond acceptors (Lipinski definition) is 3. The molecule has 0 aliphatic heterocycles. The second-order valence-electron chi connectivity index (χ2n) is 3.34. The van der Waals surface area contributed by atoms with Crippen LogP contribution in [-0.4, -0.2) is 26.1 Å². The molecule has 0 saturated carbocycles. The maximum atomic E-state index is 13.3. The second kappa shape index (κ2) is 4.14. The summed E-state index contributed by atoms with van der Waals surface area (Å²) in [5.74, 6) is -1.78. The first-order valence-electron chi connectivity index (χ1n) is 4.61. The van der Waals surface area contributed by atoms with Crippen molar-refractivity contribution in [2.75, 3.05) is 0 Å². The number of aromatic nitrogens is 3. The fraction of sp³-hybridized carbons (Fsp3) is 0.100. The van der Waals surface area contributed by atoms with Crippen molar-refractivity contribution in [3.8, 4) is 5.69 Å². The molecule has 0 unspecified atom stereocenters. The lowest BCUT2D eigenvalue weighted by Gasteiger charge is -2.03. The lowest BCUT2D eigenvalue weighted by Crippen LogP contribution is -2.03. The third-order valence-electron chi connectivity index (χ3n) is 2.24. The van der Waals surface area contributed by atoms with Gasteiger partial charge in [0.25, 0.3) is 0 Å². The Bertz CT molecular complexity index is 597. The lowest BCUT2D eigenvalue weighted by molar-refractivity contribution is 0.0689.